The van der Waals surface area contributed by atoms with E-state index in [2.05, 4.69) is 4.98 Å². The molecule has 4 nitrogen and oxygen atoms in total. The maximum absolute atomic E-state index is 6.14. The second-order valence-electron chi connectivity index (χ2n) is 5.47. The van der Waals surface area contributed by atoms with E-state index in [0.717, 1.165) is 31.5 Å². The lowest BCUT2D eigenvalue weighted by Crippen LogP contribution is -2.38. The third-order valence-corrected chi connectivity index (χ3v) is 4.42. The predicted molar refractivity (Wildman–Crippen MR) is 70.2 cm³/mol. The molecule has 18 heavy (non-hydrogen) atoms. The van der Waals surface area contributed by atoms with Gasteiger partial charge in [0.05, 0.1) is 0 Å². The molecule has 0 spiro atoms. The number of hydrogen-bond donors (Lipinski definition) is 1. The highest BCUT2D eigenvalue weighted by Gasteiger charge is 2.42. The quantitative estimate of drug-likeness (QED) is 0.815. The molecule has 0 amide bonds. The molecule has 0 unspecified atom stereocenters. The number of methoxy groups -OCH3 is 1. The fraction of sp³-hybridized carbons (Fsp3) is 0.714. The molecule has 0 atom stereocenters. The number of rotatable bonds is 2. The van der Waals surface area contributed by atoms with Gasteiger partial charge in [0.1, 0.15) is 11.4 Å². The molecule has 0 saturated heterocycles. The van der Waals surface area contributed by atoms with Crippen molar-refractivity contribution in [2.45, 2.75) is 57.0 Å². The minimum absolute atomic E-state index is 0.255. The molecule has 4 heteroatoms. The molecule has 1 heterocycles. The first-order valence-corrected chi connectivity index (χ1v) is 6.96. The Morgan fingerprint density at radius 1 is 1.06 bits per heavy atom. The third-order valence-electron chi connectivity index (χ3n) is 4.42. The van der Waals surface area contributed by atoms with Crippen LogP contribution >= 0.6 is 0 Å². The third kappa shape index (κ3) is 1.79. The Labute approximate surface area is 108 Å². The van der Waals surface area contributed by atoms with E-state index in [9.17, 15) is 0 Å². The summed E-state index contributed by atoms with van der Waals surface area (Å²) >= 11 is 0. The van der Waals surface area contributed by atoms with Crippen LogP contribution in [0.1, 0.15) is 55.6 Å². The monoisotopic (exact) mass is 247 g/mol. The van der Waals surface area contributed by atoms with Gasteiger partial charge in [-0.3, -0.25) is 0 Å². The minimum Gasteiger partial charge on any atom is -0.383 e. The first kappa shape index (κ1) is 11.9. The summed E-state index contributed by atoms with van der Waals surface area (Å²) in [4.78, 5) is 9.32. The lowest BCUT2D eigenvalue weighted by atomic mass is 9.79. The zero-order chi connectivity index (χ0) is 12.6. The topological polar surface area (TPSA) is 61.0 Å². The molecule has 2 aliphatic rings. The van der Waals surface area contributed by atoms with E-state index < -0.39 is 0 Å². The number of hydrogen-bond acceptors (Lipinski definition) is 4. The van der Waals surface area contributed by atoms with E-state index in [1.54, 1.807) is 7.11 Å². The van der Waals surface area contributed by atoms with Crippen molar-refractivity contribution in [3.05, 3.63) is 17.1 Å². The molecular formula is C14H21N3O. The number of nitrogens with zero attached hydrogens (tertiary/aromatic N) is 2. The zero-order valence-electron chi connectivity index (χ0n) is 11.0. The van der Waals surface area contributed by atoms with Crippen LogP contribution in [-0.2, 0) is 23.2 Å². The Bertz CT molecular complexity index is 449. The largest absolute Gasteiger partial charge is 0.383 e. The zero-order valence-corrected chi connectivity index (χ0v) is 11.0. The lowest BCUT2D eigenvalue weighted by Gasteiger charge is -2.39. The summed E-state index contributed by atoms with van der Waals surface area (Å²) in [5.41, 5.74) is 8.23. The molecule has 1 saturated carbocycles. The van der Waals surface area contributed by atoms with Crippen LogP contribution in [-0.4, -0.2) is 17.1 Å². The number of nitrogens with two attached hydrogens (primary N) is 1. The standard InChI is InChI=1S/C14H21N3O/c1-18-14(8-5-9-14)13-16-11-7-4-2-3-6-10(11)12(15)17-13/h2-9H2,1H3,(H2,15,16,17). The highest BCUT2D eigenvalue weighted by molar-refractivity contribution is 5.43. The smallest absolute Gasteiger partial charge is 0.162 e. The van der Waals surface area contributed by atoms with Crippen LogP contribution in [0.5, 0.6) is 0 Å². The summed E-state index contributed by atoms with van der Waals surface area (Å²) in [6, 6.07) is 0. The second-order valence-corrected chi connectivity index (χ2v) is 5.47. The number of anilines is 1. The second kappa shape index (κ2) is 4.50. The molecule has 2 N–H and O–H groups in total. The van der Waals surface area contributed by atoms with Gasteiger partial charge in [0.15, 0.2) is 5.82 Å². The van der Waals surface area contributed by atoms with Gasteiger partial charge in [-0.05, 0) is 44.9 Å². The lowest BCUT2D eigenvalue weighted by molar-refractivity contribution is -0.0847. The van der Waals surface area contributed by atoms with Crippen LogP contribution in [0.4, 0.5) is 5.82 Å². The molecule has 3 rings (SSSR count). The van der Waals surface area contributed by atoms with Gasteiger partial charge in [-0.25, -0.2) is 9.97 Å². The van der Waals surface area contributed by atoms with Crippen molar-refractivity contribution in [2.24, 2.45) is 0 Å². The average molecular weight is 247 g/mol. The summed E-state index contributed by atoms with van der Waals surface area (Å²) in [5, 5.41) is 0. The fourth-order valence-corrected chi connectivity index (χ4v) is 3.02. The Morgan fingerprint density at radius 3 is 2.50 bits per heavy atom. The Kier molecular flexibility index (Phi) is 2.98. The molecule has 98 valence electrons. The minimum atomic E-state index is -0.255. The first-order valence-electron chi connectivity index (χ1n) is 6.96. The molecule has 1 fully saturated rings. The molecule has 0 radical (unpaired) electrons. The fourth-order valence-electron chi connectivity index (χ4n) is 3.02. The molecule has 0 aromatic carbocycles. The van der Waals surface area contributed by atoms with Crippen molar-refractivity contribution in [3.63, 3.8) is 0 Å². The van der Waals surface area contributed by atoms with Gasteiger partial charge in [-0.15, -0.1) is 0 Å². The van der Waals surface area contributed by atoms with E-state index in [1.165, 1.54) is 36.9 Å². The Balaban J connectivity index is 2.02. The van der Waals surface area contributed by atoms with Crippen LogP contribution in [0.25, 0.3) is 0 Å². The molecule has 2 aliphatic carbocycles. The van der Waals surface area contributed by atoms with Crippen LogP contribution in [0.15, 0.2) is 0 Å². The number of aryl methyl sites for hydroxylation is 1. The van der Waals surface area contributed by atoms with Crippen LogP contribution in [0, 0.1) is 0 Å². The van der Waals surface area contributed by atoms with Crippen molar-refractivity contribution in [3.8, 4) is 0 Å². The van der Waals surface area contributed by atoms with E-state index in [1.807, 2.05) is 0 Å². The van der Waals surface area contributed by atoms with Crippen LogP contribution in [0.3, 0.4) is 0 Å². The SMILES string of the molecule is COC1(c2nc(N)c3c(n2)CCCCC3)CCC1. The number of ether oxygens (including phenoxy) is 1. The molecule has 0 aliphatic heterocycles. The highest BCUT2D eigenvalue weighted by Crippen LogP contribution is 2.43. The van der Waals surface area contributed by atoms with Gasteiger partial charge in [0.25, 0.3) is 0 Å². The molecular weight excluding hydrogens is 226 g/mol. The summed E-state index contributed by atoms with van der Waals surface area (Å²) in [6.07, 6.45) is 8.96. The number of fused-ring (bicyclic) bond motifs is 1. The Morgan fingerprint density at radius 2 is 1.83 bits per heavy atom. The first-order chi connectivity index (χ1) is 8.75. The van der Waals surface area contributed by atoms with Crippen molar-refractivity contribution < 1.29 is 4.74 Å². The molecule has 1 aromatic heterocycles. The van der Waals surface area contributed by atoms with Crippen molar-refractivity contribution in [1.82, 2.24) is 9.97 Å². The molecule has 1 aromatic rings. The van der Waals surface area contributed by atoms with E-state index in [4.69, 9.17) is 15.5 Å². The predicted octanol–water partition coefficient (Wildman–Crippen LogP) is 2.35. The van der Waals surface area contributed by atoms with Gasteiger partial charge in [0.2, 0.25) is 0 Å². The van der Waals surface area contributed by atoms with Gasteiger partial charge in [0, 0.05) is 18.4 Å². The van der Waals surface area contributed by atoms with E-state index in [0.29, 0.717) is 5.82 Å². The van der Waals surface area contributed by atoms with Crippen molar-refractivity contribution in [2.75, 3.05) is 12.8 Å². The van der Waals surface area contributed by atoms with Crippen LogP contribution in [0.2, 0.25) is 0 Å². The van der Waals surface area contributed by atoms with Gasteiger partial charge in [-0.1, -0.05) is 6.42 Å². The van der Waals surface area contributed by atoms with E-state index in [-0.39, 0.29) is 5.60 Å². The number of nitrogen functional groups attached to an aromatic ring is 1. The van der Waals surface area contributed by atoms with Crippen molar-refractivity contribution >= 4 is 5.82 Å². The Hall–Kier alpha value is -1.16. The van der Waals surface area contributed by atoms with Crippen molar-refractivity contribution in [1.29, 1.82) is 0 Å². The van der Waals surface area contributed by atoms with E-state index >= 15 is 0 Å². The normalized spacial score (nSPS) is 21.8. The highest BCUT2D eigenvalue weighted by atomic mass is 16.5. The summed E-state index contributed by atoms with van der Waals surface area (Å²) in [6.45, 7) is 0. The number of aromatic nitrogens is 2. The summed E-state index contributed by atoms with van der Waals surface area (Å²) in [5.74, 6) is 1.50. The average Bonchev–Trinajstić information content (AvgIpc) is 2.54. The maximum Gasteiger partial charge on any atom is 0.162 e. The maximum atomic E-state index is 6.14. The summed E-state index contributed by atoms with van der Waals surface area (Å²) in [7, 11) is 1.75. The van der Waals surface area contributed by atoms with Gasteiger partial charge < -0.3 is 10.5 Å². The summed E-state index contributed by atoms with van der Waals surface area (Å²) < 4.78 is 5.66. The van der Waals surface area contributed by atoms with Gasteiger partial charge in [-0.2, -0.15) is 0 Å². The molecule has 0 bridgehead atoms. The van der Waals surface area contributed by atoms with Gasteiger partial charge >= 0.3 is 0 Å². The van der Waals surface area contributed by atoms with Crippen LogP contribution < -0.4 is 5.73 Å².